The molecule has 0 amide bonds. The predicted molar refractivity (Wildman–Crippen MR) is 84.2 cm³/mol. The Morgan fingerprint density at radius 2 is 2.16 bits per heavy atom. The van der Waals surface area contributed by atoms with Crippen molar-refractivity contribution in [2.45, 2.75) is 53.0 Å². The molecule has 2 heterocycles. The van der Waals surface area contributed by atoms with Crippen molar-refractivity contribution in [3.63, 3.8) is 0 Å². The van der Waals surface area contributed by atoms with Gasteiger partial charge in [-0.3, -0.25) is 0 Å². The molecule has 0 aromatic carbocycles. The maximum atomic E-state index is 4.96. The zero-order chi connectivity index (χ0) is 14.0. The quantitative estimate of drug-likeness (QED) is 0.917. The van der Waals surface area contributed by atoms with E-state index in [2.05, 4.69) is 44.8 Å². The van der Waals surface area contributed by atoms with E-state index in [9.17, 15) is 0 Å². The molecule has 1 aliphatic heterocycles. The minimum atomic E-state index is 0.130. The first kappa shape index (κ1) is 14.8. The zero-order valence-electron chi connectivity index (χ0n) is 12.9. The lowest BCUT2D eigenvalue weighted by molar-refractivity contribution is 0.560. The van der Waals surface area contributed by atoms with E-state index in [1.165, 1.54) is 28.7 Å². The highest BCUT2D eigenvalue weighted by Crippen LogP contribution is 2.35. The van der Waals surface area contributed by atoms with Crippen LogP contribution in [0.5, 0.6) is 0 Å². The number of thiazole rings is 1. The van der Waals surface area contributed by atoms with Crippen molar-refractivity contribution in [2.24, 2.45) is 5.92 Å². The molecule has 4 heteroatoms. The lowest BCUT2D eigenvalue weighted by Crippen LogP contribution is -2.20. The van der Waals surface area contributed by atoms with E-state index in [0.717, 1.165) is 25.6 Å². The first-order valence-corrected chi connectivity index (χ1v) is 8.19. The minimum absolute atomic E-state index is 0.130. The predicted octanol–water partition coefficient (Wildman–Crippen LogP) is 3.40. The van der Waals surface area contributed by atoms with Crippen molar-refractivity contribution < 1.29 is 0 Å². The number of aromatic nitrogens is 1. The second-order valence-corrected chi connectivity index (χ2v) is 7.70. The van der Waals surface area contributed by atoms with Crippen molar-refractivity contribution in [1.29, 1.82) is 0 Å². The molecule has 2 rings (SSSR count). The fourth-order valence-electron chi connectivity index (χ4n) is 2.53. The van der Waals surface area contributed by atoms with E-state index >= 15 is 0 Å². The highest BCUT2D eigenvalue weighted by molar-refractivity contribution is 7.15. The topological polar surface area (TPSA) is 28.2 Å². The molecule has 0 radical (unpaired) electrons. The first-order chi connectivity index (χ1) is 8.91. The lowest BCUT2D eigenvalue weighted by atomic mass is 9.91. The normalized spacial score (nSPS) is 20.3. The van der Waals surface area contributed by atoms with E-state index in [4.69, 9.17) is 4.98 Å². The smallest absolute Gasteiger partial charge is 0.185 e. The average molecular weight is 281 g/mol. The van der Waals surface area contributed by atoms with Crippen molar-refractivity contribution >= 4 is 16.5 Å². The molecule has 0 bridgehead atoms. The maximum absolute atomic E-state index is 4.96. The van der Waals surface area contributed by atoms with Gasteiger partial charge in [-0.1, -0.05) is 34.6 Å². The second kappa shape index (κ2) is 5.80. The molecule has 0 aliphatic carbocycles. The number of rotatable bonds is 4. The minimum Gasteiger partial charge on any atom is -0.348 e. The molecule has 1 aliphatic rings. The molecule has 1 aromatic rings. The molecule has 1 saturated heterocycles. The number of nitrogens with one attached hydrogen (secondary N) is 1. The van der Waals surface area contributed by atoms with Gasteiger partial charge in [0, 0.05) is 29.9 Å². The van der Waals surface area contributed by atoms with Gasteiger partial charge in [-0.05, 0) is 18.9 Å². The van der Waals surface area contributed by atoms with Crippen molar-refractivity contribution in [1.82, 2.24) is 10.3 Å². The summed E-state index contributed by atoms with van der Waals surface area (Å²) < 4.78 is 0. The fourth-order valence-corrected chi connectivity index (χ4v) is 3.80. The van der Waals surface area contributed by atoms with Crippen LogP contribution in [0.3, 0.4) is 0 Å². The van der Waals surface area contributed by atoms with Gasteiger partial charge >= 0.3 is 0 Å². The number of nitrogens with zero attached hydrogens (tertiary/aromatic N) is 2. The molecular weight excluding hydrogens is 254 g/mol. The fraction of sp³-hybridized carbons (Fsp3) is 0.800. The summed E-state index contributed by atoms with van der Waals surface area (Å²) in [6, 6.07) is 0. The Bertz CT molecular complexity index is 420. The van der Waals surface area contributed by atoms with Crippen LogP contribution in [0.2, 0.25) is 0 Å². The summed E-state index contributed by atoms with van der Waals surface area (Å²) >= 11 is 1.88. The van der Waals surface area contributed by atoms with Crippen molar-refractivity contribution in [2.75, 3.05) is 24.5 Å². The van der Waals surface area contributed by atoms with Gasteiger partial charge in [0.05, 0.1) is 5.69 Å². The van der Waals surface area contributed by atoms with E-state index in [1.54, 1.807) is 0 Å². The van der Waals surface area contributed by atoms with Crippen LogP contribution in [0.1, 0.15) is 51.6 Å². The first-order valence-electron chi connectivity index (χ1n) is 7.37. The SMILES string of the molecule is CCNCc1sc(N2CCC(C)C2)nc1C(C)(C)C. The highest BCUT2D eigenvalue weighted by Gasteiger charge is 2.27. The van der Waals surface area contributed by atoms with Crippen LogP contribution in [0.25, 0.3) is 0 Å². The van der Waals surface area contributed by atoms with Crippen LogP contribution in [-0.2, 0) is 12.0 Å². The van der Waals surface area contributed by atoms with Crippen molar-refractivity contribution in [3.8, 4) is 0 Å². The van der Waals surface area contributed by atoms with Gasteiger partial charge in [-0.25, -0.2) is 4.98 Å². The molecule has 0 saturated carbocycles. The summed E-state index contributed by atoms with van der Waals surface area (Å²) in [5, 5.41) is 4.67. The van der Waals surface area contributed by atoms with Gasteiger partial charge in [-0.15, -0.1) is 11.3 Å². The van der Waals surface area contributed by atoms with Crippen LogP contribution in [0.4, 0.5) is 5.13 Å². The van der Waals surface area contributed by atoms with Crippen LogP contribution >= 0.6 is 11.3 Å². The lowest BCUT2D eigenvalue weighted by Gasteiger charge is -2.18. The summed E-state index contributed by atoms with van der Waals surface area (Å²) in [6.45, 7) is 15.5. The molecule has 1 aromatic heterocycles. The number of hydrogen-bond acceptors (Lipinski definition) is 4. The van der Waals surface area contributed by atoms with Gasteiger partial charge in [0.25, 0.3) is 0 Å². The monoisotopic (exact) mass is 281 g/mol. The molecule has 1 unspecified atom stereocenters. The third-order valence-corrected chi connectivity index (χ3v) is 4.74. The van der Waals surface area contributed by atoms with Crippen LogP contribution in [0, 0.1) is 5.92 Å². The highest BCUT2D eigenvalue weighted by atomic mass is 32.1. The summed E-state index contributed by atoms with van der Waals surface area (Å²) in [4.78, 5) is 8.82. The summed E-state index contributed by atoms with van der Waals surface area (Å²) in [5.41, 5.74) is 1.40. The second-order valence-electron chi connectivity index (χ2n) is 6.64. The Morgan fingerprint density at radius 1 is 1.42 bits per heavy atom. The van der Waals surface area contributed by atoms with Gasteiger partial charge in [-0.2, -0.15) is 0 Å². The summed E-state index contributed by atoms with van der Waals surface area (Å²) in [5.74, 6) is 0.805. The van der Waals surface area contributed by atoms with E-state index in [1.807, 2.05) is 11.3 Å². The molecule has 1 atom stereocenters. The molecule has 1 N–H and O–H groups in total. The Kier molecular flexibility index (Phi) is 4.51. The Balaban J connectivity index is 2.23. The molecule has 19 heavy (non-hydrogen) atoms. The maximum Gasteiger partial charge on any atom is 0.185 e. The summed E-state index contributed by atoms with van der Waals surface area (Å²) in [6.07, 6.45) is 1.30. The van der Waals surface area contributed by atoms with Crippen LogP contribution in [0.15, 0.2) is 0 Å². The molecule has 3 nitrogen and oxygen atoms in total. The largest absolute Gasteiger partial charge is 0.348 e. The van der Waals surface area contributed by atoms with Crippen LogP contribution < -0.4 is 10.2 Å². The third-order valence-electron chi connectivity index (χ3n) is 3.63. The Morgan fingerprint density at radius 3 is 2.68 bits per heavy atom. The third kappa shape index (κ3) is 3.48. The molecular formula is C15H27N3S. The van der Waals surface area contributed by atoms with E-state index in [-0.39, 0.29) is 5.41 Å². The van der Waals surface area contributed by atoms with E-state index < -0.39 is 0 Å². The Hall–Kier alpha value is -0.610. The van der Waals surface area contributed by atoms with Gasteiger partial charge < -0.3 is 10.2 Å². The van der Waals surface area contributed by atoms with Crippen LogP contribution in [-0.4, -0.2) is 24.6 Å². The average Bonchev–Trinajstić information content (AvgIpc) is 2.91. The van der Waals surface area contributed by atoms with Gasteiger partial charge in [0.1, 0.15) is 0 Å². The number of hydrogen-bond donors (Lipinski definition) is 1. The molecule has 0 spiro atoms. The van der Waals surface area contributed by atoms with Crippen molar-refractivity contribution in [3.05, 3.63) is 10.6 Å². The Labute approximate surface area is 121 Å². The van der Waals surface area contributed by atoms with Gasteiger partial charge in [0.15, 0.2) is 5.13 Å². The zero-order valence-corrected chi connectivity index (χ0v) is 13.7. The standard InChI is InChI=1S/C15H27N3S/c1-6-16-9-12-13(15(3,4)5)17-14(19-12)18-8-7-11(2)10-18/h11,16H,6-10H2,1-5H3. The van der Waals surface area contributed by atoms with Gasteiger partial charge in [0.2, 0.25) is 0 Å². The summed E-state index contributed by atoms with van der Waals surface area (Å²) in [7, 11) is 0. The molecule has 108 valence electrons. The number of anilines is 1. The van der Waals surface area contributed by atoms with E-state index in [0.29, 0.717) is 0 Å². The molecule has 1 fully saturated rings.